The van der Waals surface area contributed by atoms with Crippen molar-refractivity contribution in [2.75, 3.05) is 0 Å². The predicted octanol–water partition coefficient (Wildman–Crippen LogP) is 4.24. The first kappa shape index (κ1) is 9.01. The minimum atomic E-state index is 1.10. The van der Waals surface area contributed by atoms with Gasteiger partial charge in [-0.2, -0.15) is 0 Å². The first-order valence-corrected chi connectivity index (χ1v) is 4.90. The summed E-state index contributed by atoms with van der Waals surface area (Å²) < 4.78 is 2.19. The van der Waals surface area contributed by atoms with Gasteiger partial charge in [0.05, 0.1) is 0 Å². The van der Waals surface area contributed by atoms with Crippen LogP contribution in [0.4, 0.5) is 0 Å². The van der Waals surface area contributed by atoms with Crippen LogP contribution >= 0.6 is 31.9 Å². The van der Waals surface area contributed by atoms with Crippen molar-refractivity contribution in [1.82, 2.24) is 0 Å². The van der Waals surface area contributed by atoms with Crippen molar-refractivity contribution >= 4 is 37.9 Å². The third-order valence-corrected chi connectivity index (χ3v) is 2.16. The van der Waals surface area contributed by atoms with E-state index in [2.05, 4.69) is 50.1 Å². The summed E-state index contributed by atoms with van der Waals surface area (Å²) in [6.07, 6.45) is 4.09. The van der Waals surface area contributed by atoms with Crippen molar-refractivity contribution in [3.8, 4) is 0 Å². The Labute approximate surface area is 83.6 Å². The SMILES string of the molecule is C/C=C/c1cc(Br)cc(Br)c1. The number of allylic oxidation sites excluding steroid dienone is 1. The van der Waals surface area contributed by atoms with Crippen LogP contribution in [0.1, 0.15) is 12.5 Å². The molecule has 0 fully saturated rings. The second kappa shape index (κ2) is 4.07. The molecule has 0 heterocycles. The van der Waals surface area contributed by atoms with Gasteiger partial charge >= 0.3 is 0 Å². The van der Waals surface area contributed by atoms with Crippen LogP contribution < -0.4 is 0 Å². The Morgan fingerprint density at radius 2 is 1.64 bits per heavy atom. The molecule has 0 radical (unpaired) electrons. The van der Waals surface area contributed by atoms with Crippen LogP contribution in [0.3, 0.4) is 0 Å². The van der Waals surface area contributed by atoms with Gasteiger partial charge in [-0.3, -0.25) is 0 Å². The molecule has 0 N–H and O–H groups in total. The molecule has 0 saturated carbocycles. The first-order chi connectivity index (χ1) is 5.22. The lowest BCUT2D eigenvalue weighted by Gasteiger charge is -1.96. The molecule has 2 heteroatoms. The van der Waals surface area contributed by atoms with E-state index in [1.54, 1.807) is 0 Å². The van der Waals surface area contributed by atoms with Crippen LogP contribution in [0.25, 0.3) is 6.08 Å². The van der Waals surface area contributed by atoms with Crippen LogP contribution in [0, 0.1) is 0 Å². The molecule has 0 spiro atoms. The zero-order chi connectivity index (χ0) is 8.27. The molecule has 0 aliphatic rings. The molecule has 0 amide bonds. The van der Waals surface area contributed by atoms with Crippen molar-refractivity contribution in [3.63, 3.8) is 0 Å². The lowest BCUT2D eigenvalue weighted by molar-refractivity contribution is 1.56. The summed E-state index contributed by atoms with van der Waals surface area (Å²) in [5, 5.41) is 0. The Morgan fingerprint density at radius 1 is 1.09 bits per heavy atom. The molecular weight excluding hydrogens is 268 g/mol. The third kappa shape index (κ3) is 2.80. The highest BCUT2D eigenvalue weighted by Crippen LogP contribution is 2.20. The summed E-state index contributed by atoms with van der Waals surface area (Å²) in [7, 11) is 0. The van der Waals surface area contributed by atoms with E-state index >= 15 is 0 Å². The molecule has 0 aromatic heterocycles. The second-order valence-corrected chi connectivity index (χ2v) is 4.03. The lowest BCUT2D eigenvalue weighted by Crippen LogP contribution is -1.72. The van der Waals surface area contributed by atoms with Crippen molar-refractivity contribution in [3.05, 3.63) is 38.8 Å². The summed E-state index contributed by atoms with van der Waals surface area (Å²) in [6, 6.07) is 6.17. The minimum absolute atomic E-state index is 1.10. The minimum Gasteiger partial charge on any atom is -0.0871 e. The van der Waals surface area contributed by atoms with Gasteiger partial charge in [0.2, 0.25) is 0 Å². The standard InChI is InChI=1S/C9H8Br2/c1-2-3-7-4-8(10)6-9(11)5-7/h2-6H,1H3/b3-2+. The van der Waals surface area contributed by atoms with Gasteiger partial charge < -0.3 is 0 Å². The zero-order valence-electron chi connectivity index (χ0n) is 6.14. The smallest absolute Gasteiger partial charge is 0.0192 e. The molecule has 0 atom stereocenters. The van der Waals surface area contributed by atoms with Gasteiger partial charge in [-0.15, -0.1) is 0 Å². The van der Waals surface area contributed by atoms with Gasteiger partial charge in [-0.05, 0) is 30.7 Å². The molecule has 1 aromatic rings. The Balaban J connectivity index is 3.08. The quantitative estimate of drug-likeness (QED) is 0.719. The van der Waals surface area contributed by atoms with E-state index in [4.69, 9.17) is 0 Å². The van der Waals surface area contributed by atoms with E-state index in [1.807, 2.05) is 19.1 Å². The Bertz CT molecular complexity index is 257. The molecular formula is C9H8Br2. The normalized spacial score (nSPS) is 10.8. The summed E-state index contributed by atoms with van der Waals surface area (Å²) in [5.74, 6) is 0. The van der Waals surface area contributed by atoms with E-state index < -0.39 is 0 Å². The van der Waals surface area contributed by atoms with E-state index in [-0.39, 0.29) is 0 Å². The van der Waals surface area contributed by atoms with E-state index in [0.717, 1.165) is 8.95 Å². The number of benzene rings is 1. The monoisotopic (exact) mass is 274 g/mol. The summed E-state index contributed by atoms with van der Waals surface area (Å²) >= 11 is 6.84. The fraction of sp³-hybridized carbons (Fsp3) is 0.111. The van der Waals surface area contributed by atoms with Crippen LogP contribution in [0.5, 0.6) is 0 Å². The maximum Gasteiger partial charge on any atom is 0.0192 e. The van der Waals surface area contributed by atoms with Crippen molar-refractivity contribution in [2.45, 2.75) is 6.92 Å². The van der Waals surface area contributed by atoms with Crippen molar-refractivity contribution in [2.24, 2.45) is 0 Å². The molecule has 0 aliphatic carbocycles. The molecule has 0 saturated heterocycles. The average Bonchev–Trinajstić information content (AvgIpc) is 1.85. The first-order valence-electron chi connectivity index (χ1n) is 3.31. The molecule has 0 bridgehead atoms. The van der Waals surface area contributed by atoms with Crippen LogP contribution in [-0.2, 0) is 0 Å². The van der Waals surface area contributed by atoms with Crippen molar-refractivity contribution in [1.29, 1.82) is 0 Å². The summed E-state index contributed by atoms with van der Waals surface area (Å²) in [6.45, 7) is 2.01. The van der Waals surface area contributed by atoms with E-state index in [1.165, 1.54) is 5.56 Å². The number of hydrogen-bond acceptors (Lipinski definition) is 0. The van der Waals surface area contributed by atoms with Crippen molar-refractivity contribution < 1.29 is 0 Å². The van der Waals surface area contributed by atoms with Crippen LogP contribution in [-0.4, -0.2) is 0 Å². The zero-order valence-corrected chi connectivity index (χ0v) is 9.31. The van der Waals surface area contributed by atoms with Gasteiger partial charge in [0, 0.05) is 8.95 Å². The Kier molecular flexibility index (Phi) is 3.34. The fourth-order valence-electron chi connectivity index (χ4n) is 0.864. The van der Waals surface area contributed by atoms with Gasteiger partial charge in [0.15, 0.2) is 0 Å². The average molecular weight is 276 g/mol. The predicted molar refractivity (Wildman–Crippen MR) is 56.6 cm³/mol. The molecule has 0 unspecified atom stereocenters. The lowest BCUT2D eigenvalue weighted by atomic mass is 10.2. The highest BCUT2D eigenvalue weighted by atomic mass is 79.9. The molecule has 58 valence electrons. The van der Waals surface area contributed by atoms with Gasteiger partial charge in [-0.1, -0.05) is 44.0 Å². The highest BCUT2D eigenvalue weighted by molar-refractivity contribution is 9.11. The summed E-state index contributed by atoms with van der Waals surface area (Å²) in [5.41, 5.74) is 1.20. The fourth-order valence-corrected chi connectivity index (χ4v) is 2.19. The second-order valence-electron chi connectivity index (χ2n) is 2.20. The van der Waals surface area contributed by atoms with E-state index in [9.17, 15) is 0 Å². The molecule has 1 rings (SSSR count). The maximum atomic E-state index is 3.42. The van der Waals surface area contributed by atoms with Gasteiger partial charge in [-0.25, -0.2) is 0 Å². The van der Waals surface area contributed by atoms with Gasteiger partial charge in [0.1, 0.15) is 0 Å². The Hall–Kier alpha value is -0.0800. The third-order valence-electron chi connectivity index (χ3n) is 1.24. The number of rotatable bonds is 1. The van der Waals surface area contributed by atoms with Gasteiger partial charge in [0.25, 0.3) is 0 Å². The molecule has 0 nitrogen and oxygen atoms in total. The Morgan fingerprint density at radius 3 is 2.09 bits per heavy atom. The van der Waals surface area contributed by atoms with Crippen LogP contribution in [0.15, 0.2) is 33.2 Å². The largest absolute Gasteiger partial charge is 0.0871 e. The number of hydrogen-bond donors (Lipinski definition) is 0. The molecule has 11 heavy (non-hydrogen) atoms. The highest BCUT2D eigenvalue weighted by Gasteiger charge is 1.92. The summed E-state index contributed by atoms with van der Waals surface area (Å²) in [4.78, 5) is 0. The number of halogens is 2. The van der Waals surface area contributed by atoms with Crippen LogP contribution in [0.2, 0.25) is 0 Å². The molecule has 1 aromatic carbocycles. The van der Waals surface area contributed by atoms with E-state index in [0.29, 0.717) is 0 Å². The molecule has 0 aliphatic heterocycles. The maximum absolute atomic E-state index is 3.42. The topological polar surface area (TPSA) is 0 Å².